The second kappa shape index (κ2) is 10.2. The average molecular weight is 133 g/mol. The molecule has 0 aromatic rings. The number of hydrogen-bond acceptors (Lipinski definition) is 3. The SMILES string of the molecule is C=CCO.NC(=O)CO. The maximum Gasteiger partial charge on any atom is 0.243 e. The molecule has 4 nitrogen and oxygen atoms in total. The molecule has 0 saturated heterocycles. The largest absolute Gasteiger partial charge is 0.392 e. The number of aliphatic hydroxyl groups excluding tert-OH is 2. The van der Waals surface area contributed by atoms with E-state index in [1.165, 1.54) is 6.08 Å². The summed E-state index contributed by atoms with van der Waals surface area (Å²) >= 11 is 0. The third-order valence-corrected chi connectivity index (χ3v) is 0.285. The van der Waals surface area contributed by atoms with Gasteiger partial charge in [-0.2, -0.15) is 0 Å². The molecule has 0 unspecified atom stereocenters. The third-order valence-electron chi connectivity index (χ3n) is 0.285. The topological polar surface area (TPSA) is 83.5 Å². The summed E-state index contributed by atoms with van der Waals surface area (Å²) in [7, 11) is 0. The molecule has 0 aromatic heterocycles. The maximum absolute atomic E-state index is 9.34. The molecular formula is C5H11NO3. The van der Waals surface area contributed by atoms with Crippen LogP contribution in [0.3, 0.4) is 0 Å². The van der Waals surface area contributed by atoms with E-state index in [0.29, 0.717) is 0 Å². The second-order valence-electron chi connectivity index (χ2n) is 1.10. The van der Waals surface area contributed by atoms with Crippen molar-refractivity contribution < 1.29 is 15.0 Å². The normalized spacial score (nSPS) is 6.89. The number of primary amides is 1. The van der Waals surface area contributed by atoms with Crippen molar-refractivity contribution in [1.29, 1.82) is 0 Å². The van der Waals surface area contributed by atoms with Gasteiger partial charge in [0.1, 0.15) is 6.61 Å². The molecule has 4 N–H and O–H groups in total. The molecule has 0 spiro atoms. The molecule has 0 rings (SSSR count). The molecule has 0 saturated carbocycles. The fourth-order valence-corrected chi connectivity index (χ4v) is 0. The van der Waals surface area contributed by atoms with E-state index in [-0.39, 0.29) is 6.61 Å². The van der Waals surface area contributed by atoms with Crippen LogP contribution in [0, 0.1) is 0 Å². The van der Waals surface area contributed by atoms with Gasteiger partial charge in [-0.15, -0.1) is 6.58 Å². The predicted octanol–water partition coefficient (Wildman–Crippen LogP) is -1.37. The lowest BCUT2D eigenvalue weighted by molar-refractivity contribution is -0.120. The van der Waals surface area contributed by atoms with Crippen LogP contribution in [0.15, 0.2) is 12.7 Å². The average Bonchev–Trinajstić information content (AvgIpc) is 1.89. The Morgan fingerprint density at radius 3 is 1.89 bits per heavy atom. The highest BCUT2D eigenvalue weighted by Crippen LogP contribution is 1.46. The number of hydrogen-bond donors (Lipinski definition) is 3. The van der Waals surface area contributed by atoms with Gasteiger partial charge < -0.3 is 15.9 Å². The van der Waals surface area contributed by atoms with Crippen LogP contribution in [0.2, 0.25) is 0 Å². The molecule has 0 bridgehead atoms. The first-order valence-electron chi connectivity index (χ1n) is 2.30. The zero-order valence-electron chi connectivity index (χ0n) is 5.08. The van der Waals surface area contributed by atoms with Crippen molar-refractivity contribution in [2.45, 2.75) is 0 Å². The van der Waals surface area contributed by atoms with E-state index in [2.05, 4.69) is 12.3 Å². The molecular weight excluding hydrogens is 122 g/mol. The first-order valence-corrected chi connectivity index (χ1v) is 2.30. The van der Waals surface area contributed by atoms with Gasteiger partial charge in [-0.05, 0) is 0 Å². The van der Waals surface area contributed by atoms with E-state index in [9.17, 15) is 4.79 Å². The van der Waals surface area contributed by atoms with Gasteiger partial charge in [0.2, 0.25) is 5.91 Å². The second-order valence-corrected chi connectivity index (χ2v) is 1.10. The third kappa shape index (κ3) is 41.4. The minimum Gasteiger partial charge on any atom is -0.392 e. The van der Waals surface area contributed by atoms with Crippen molar-refractivity contribution in [3.63, 3.8) is 0 Å². The highest BCUT2D eigenvalue weighted by molar-refractivity contribution is 5.74. The number of amides is 1. The monoisotopic (exact) mass is 133 g/mol. The van der Waals surface area contributed by atoms with Crippen LogP contribution in [-0.4, -0.2) is 29.3 Å². The van der Waals surface area contributed by atoms with Crippen LogP contribution in [0.4, 0.5) is 0 Å². The Morgan fingerprint density at radius 2 is 1.89 bits per heavy atom. The molecule has 1 amide bonds. The van der Waals surface area contributed by atoms with Crippen molar-refractivity contribution in [2.75, 3.05) is 13.2 Å². The van der Waals surface area contributed by atoms with Crippen molar-refractivity contribution in [2.24, 2.45) is 5.73 Å². The summed E-state index contributed by atoms with van der Waals surface area (Å²) in [6.07, 6.45) is 1.43. The van der Waals surface area contributed by atoms with E-state index in [0.717, 1.165) is 0 Å². The van der Waals surface area contributed by atoms with Crippen LogP contribution in [0.5, 0.6) is 0 Å². The Labute approximate surface area is 53.6 Å². The molecule has 9 heavy (non-hydrogen) atoms. The fourth-order valence-electron chi connectivity index (χ4n) is 0. The van der Waals surface area contributed by atoms with Crippen molar-refractivity contribution in [1.82, 2.24) is 0 Å². The number of aliphatic hydroxyl groups is 2. The van der Waals surface area contributed by atoms with E-state index in [4.69, 9.17) is 10.2 Å². The summed E-state index contributed by atoms with van der Waals surface area (Å²) in [4.78, 5) is 9.34. The van der Waals surface area contributed by atoms with Gasteiger partial charge in [0, 0.05) is 0 Å². The van der Waals surface area contributed by atoms with Crippen molar-refractivity contribution >= 4 is 5.91 Å². The molecule has 0 fully saturated rings. The molecule has 54 valence electrons. The Kier molecular flexibility index (Phi) is 12.4. The lowest BCUT2D eigenvalue weighted by Gasteiger charge is -1.73. The minimum atomic E-state index is -0.690. The highest BCUT2D eigenvalue weighted by atomic mass is 16.3. The first-order chi connectivity index (χ1) is 4.18. The van der Waals surface area contributed by atoms with Gasteiger partial charge >= 0.3 is 0 Å². The summed E-state index contributed by atoms with van der Waals surface area (Å²) in [6, 6.07) is 0. The zero-order chi connectivity index (χ0) is 7.70. The minimum absolute atomic E-state index is 0.0833. The van der Waals surface area contributed by atoms with Crippen LogP contribution in [0.1, 0.15) is 0 Å². The summed E-state index contributed by atoms with van der Waals surface area (Å²) in [5, 5.41) is 15.4. The molecule has 0 aromatic carbocycles. The van der Waals surface area contributed by atoms with Gasteiger partial charge in [-0.3, -0.25) is 4.79 Å². The highest BCUT2D eigenvalue weighted by Gasteiger charge is 1.78. The Morgan fingerprint density at radius 1 is 1.67 bits per heavy atom. The van der Waals surface area contributed by atoms with Crippen LogP contribution in [-0.2, 0) is 4.79 Å². The van der Waals surface area contributed by atoms with Crippen LogP contribution >= 0.6 is 0 Å². The number of nitrogens with two attached hydrogens (primary N) is 1. The molecule has 0 radical (unpaired) electrons. The summed E-state index contributed by atoms with van der Waals surface area (Å²) in [5.74, 6) is -0.690. The molecule has 4 heteroatoms. The van der Waals surface area contributed by atoms with E-state index in [1.54, 1.807) is 0 Å². The molecule has 0 aliphatic heterocycles. The fraction of sp³-hybridized carbons (Fsp3) is 0.400. The van der Waals surface area contributed by atoms with Crippen LogP contribution < -0.4 is 5.73 Å². The van der Waals surface area contributed by atoms with Crippen molar-refractivity contribution in [3.05, 3.63) is 12.7 Å². The van der Waals surface area contributed by atoms with Crippen molar-refractivity contribution in [3.8, 4) is 0 Å². The molecule has 0 aliphatic carbocycles. The smallest absolute Gasteiger partial charge is 0.243 e. The van der Waals surface area contributed by atoms with Gasteiger partial charge in [0.05, 0.1) is 6.61 Å². The lowest BCUT2D eigenvalue weighted by Crippen LogP contribution is -2.14. The zero-order valence-corrected chi connectivity index (χ0v) is 5.08. The van der Waals surface area contributed by atoms with Gasteiger partial charge in [0.15, 0.2) is 0 Å². The molecule has 0 atom stereocenters. The Bertz CT molecular complexity index is 82.3. The number of carbonyl (C=O) groups is 1. The van der Waals surface area contributed by atoms with Gasteiger partial charge in [0.25, 0.3) is 0 Å². The Hall–Kier alpha value is -0.870. The standard InChI is InChI=1S/C3H6O.C2H5NO2/c1-2-3-4;3-2(5)1-4/h2,4H,1,3H2;4H,1H2,(H2,3,5). The maximum atomic E-state index is 9.34. The van der Waals surface area contributed by atoms with E-state index < -0.39 is 12.5 Å². The van der Waals surface area contributed by atoms with Gasteiger partial charge in [-0.25, -0.2) is 0 Å². The summed E-state index contributed by atoms with van der Waals surface area (Å²) in [5.41, 5.74) is 4.40. The van der Waals surface area contributed by atoms with E-state index >= 15 is 0 Å². The molecule has 0 heterocycles. The van der Waals surface area contributed by atoms with E-state index in [1.807, 2.05) is 0 Å². The quantitative estimate of drug-likeness (QED) is 0.406. The Balaban J connectivity index is 0. The summed E-state index contributed by atoms with van der Waals surface area (Å²) in [6.45, 7) is 2.76. The summed E-state index contributed by atoms with van der Waals surface area (Å²) < 4.78 is 0. The van der Waals surface area contributed by atoms with Crippen LogP contribution in [0.25, 0.3) is 0 Å². The molecule has 0 aliphatic rings. The number of carbonyl (C=O) groups excluding carboxylic acids is 1. The predicted molar refractivity (Wildman–Crippen MR) is 33.6 cm³/mol. The first kappa shape index (κ1) is 11.0. The lowest BCUT2D eigenvalue weighted by atomic mass is 10.7. The number of rotatable bonds is 2. The van der Waals surface area contributed by atoms with Gasteiger partial charge in [-0.1, -0.05) is 6.08 Å².